The van der Waals surface area contributed by atoms with Crippen LogP contribution in [0.4, 0.5) is 4.79 Å². The molecule has 6 N–H and O–H groups in total. The molecular formula is C39H43N4O7PS. The zero-order chi connectivity index (χ0) is 36.9. The predicted octanol–water partition coefficient (Wildman–Crippen LogP) is 6.00. The van der Waals surface area contributed by atoms with Crippen molar-refractivity contribution in [3.8, 4) is 5.75 Å². The van der Waals surface area contributed by atoms with Crippen molar-refractivity contribution in [2.24, 2.45) is 11.7 Å². The van der Waals surface area contributed by atoms with Crippen LogP contribution in [-0.2, 0) is 44.1 Å². The number of nitrogens with one attached hydrogen (secondary N) is 3. The summed E-state index contributed by atoms with van der Waals surface area (Å²) in [6, 6.07) is 32.1. The van der Waals surface area contributed by atoms with Gasteiger partial charge in [-0.05, 0) is 40.5 Å². The topological polar surface area (TPSA) is 173 Å². The van der Waals surface area contributed by atoms with Gasteiger partial charge < -0.3 is 35.7 Å². The second kappa shape index (κ2) is 18.5. The van der Waals surface area contributed by atoms with Gasteiger partial charge in [-0.2, -0.15) is 11.8 Å². The van der Waals surface area contributed by atoms with E-state index in [1.54, 1.807) is 49.7 Å². The number of amides is 3. The SMILES string of the molecule is COc1ccc(CSCC(CP(=O)(O)[C@H](Cc2ccccc2)NC(=O)OCc2ccccc2)C(=O)N[C@@H](Cc2c[nH]c3ccccc23)C(N)=O)cc1. The number of para-hydroxylation sites is 1. The Hall–Kier alpha value is -5.03. The Bertz CT molecular complexity index is 1980. The molecule has 0 bridgehead atoms. The summed E-state index contributed by atoms with van der Waals surface area (Å²) in [6.07, 6.45) is 0.588. The molecule has 1 aromatic heterocycles. The summed E-state index contributed by atoms with van der Waals surface area (Å²) in [7, 11) is -2.75. The number of hydrogen-bond acceptors (Lipinski definition) is 7. The number of benzene rings is 4. The molecule has 0 aliphatic rings. The number of alkyl carbamates (subject to hydrolysis) is 1. The largest absolute Gasteiger partial charge is 0.497 e. The van der Waals surface area contributed by atoms with E-state index in [1.165, 1.54) is 11.8 Å². The van der Waals surface area contributed by atoms with Gasteiger partial charge >= 0.3 is 6.09 Å². The first kappa shape index (κ1) is 38.2. The van der Waals surface area contributed by atoms with E-state index < -0.39 is 49.2 Å². The summed E-state index contributed by atoms with van der Waals surface area (Å²) in [5, 5.41) is 6.28. The maximum atomic E-state index is 14.4. The van der Waals surface area contributed by atoms with Crippen molar-refractivity contribution in [1.82, 2.24) is 15.6 Å². The van der Waals surface area contributed by atoms with Gasteiger partial charge in [-0.15, -0.1) is 0 Å². The van der Waals surface area contributed by atoms with Crippen LogP contribution in [0.3, 0.4) is 0 Å². The standard InChI is InChI=1S/C39H43N4O7PS/c1-49-32-18-16-29(17-19-32)25-52-26-31(38(45)42-35(37(40)44)21-30-22-41-34-15-9-8-14-33(30)34)24-51(47,48)36(20-27-10-4-2-5-11-27)43-39(46)50-23-28-12-6-3-7-13-28/h2-19,22,31,35-36,41H,20-21,23-26H2,1H3,(H2,40,44)(H,42,45)(H,43,46)(H,47,48)/t31?,35-,36+/m0/s1. The average Bonchev–Trinajstić information content (AvgIpc) is 3.56. The number of H-pyrrole nitrogens is 1. The van der Waals surface area contributed by atoms with Crippen LogP contribution in [0.2, 0.25) is 0 Å². The number of carbonyl (C=O) groups is 3. The molecule has 0 saturated carbocycles. The van der Waals surface area contributed by atoms with Gasteiger partial charge in [0.1, 0.15) is 24.2 Å². The summed E-state index contributed by atoms with van der Waals surface area (Å²) in [6.45, 7) is -0.0293. The van der Waals surface area contributed by atoms with E-state index >= 15 is 0 Å². The number of ether oxygens (including phenoxy) is 2. The number of methoxy groups -OCH3 is 1. The fraction of sp³-hybridized carbons (Fsp3) is 0.256. The molecule has 5 rings (SSSR count). The van der Waals surface area contributed by atoms with Crippen LogP contribution in [0.15, 0.2) is 115 Å². The minimum Gasteiger partial charge on any atom is -0.497 e. The van der Waals surface area contributed by atoms with Crippen molar-refractivity contribution < 1.29 is 33.3 Å². The van der Waals surface area contributed by atoms with Crippen LogP contribution in [0.1, 0.15) is 22.3 Å². The summed E-state index contributed by atoms with van der Waals surface area (Å²) in [5.74, 6) is -2.25. The summed E-state index contributed by atoms with van der Waals surface area (Å²) in [5.41, 5.74) is 9.89. The first-order valence-corrected chi connectivity index (χ1v) is 19.9. The molecule has 272 valence electrons. The highest BCUT2D eigenvalue weighted by molar-refractivity contribution is 7.98. The Morgan fingerprint density at radius 1 is 0.846 bits per heavy atom. The molecule has 52 heavy (non-hydrogen) atoms. The van der Waals surface area contributed by atoms with Crippen molar-refractivity contribution in [1.29, 1.82) is 0 Å². The van der Waals surface area contributed by atoms with E-state index in [1.807, 2.05) is 72.8 Å². The number of nitrogens with two attached hydrogens (primary N) is 1. The lowest BCUT2D eigenvalue weighted by Gasteiger charge is -2.28. The number of hydrogen-bond donors (Lipinski definition) is 5. The van der Waals surface area contributed by atoms with E-state index in [4.69, 9.17) is 15.2 Å². The number of primary amides is 1. The van der Waals surface area contributed by atoms with Gasteiger partial charge in [0, 0.05) is 47.6 Å². The molecule has 0 fully saturated rings. The molecule has 0 aliphatic heterocycles. The maximum Gasteiger partial charge on any atom is 0.408 e. The van der Waals surface area contributed by atoms with Crippen LogP contribution < -0.4 is 21.1 Å². The van der Waals surface area contributed by atoms with E-state index in [-0.39, 0.29) is 25.2 Å². The number of carbonyl (C=O) groups excluding carboxylic acids is 3. The van der Waals surface area contributed by atoms with Gasteiger partial charge in [0.15, 0.2) is 0 Å². The molecule has 11 nitrogen and oxygen atoms in total. The van der Waals surface area contributed by atoms with E-state index in [0.717, 1.165) is 27.6 Å². The Morgan fingerprint density at radius 2 is 1.50 bits per heavy atom. The Morgan fingerprint density at radius 3 is 2.17 bits per heavy atom. The number of thioether (sulfide) groups is 1. The molecule has 13 heteroatoms. The minimum atomic E-state index is -4.33. The van der Waals surface area contributed by atoms with Crippen LogP contribution in [0.25, 0.3) is 10.9 Å². The monoisotopic (exact) mass is 742 g/mol. The highest BCUT2D eigenvalue weighted by atomic mass is 32.2. The Labute approximate surface area is 307 Å². The van der Waals surface area contributed by atoms with Crippen molar-refractivity contribution in [3.63, 3.8) is 0 Å². The lowest BCUT2D eigenvalue weighted by Crippen LogP contribution is -2.49. The Balaban J connectivity index is 1.35. The van der Waals surface area contributed by atoms with Crippen molar-refractivity contribution in [2.75, 3.05) is 19.0 Å². The van der Waals surface area contributed by atoms with Gasteiger partial charge in [0.25, 0.3) is 0 Å². The molecule has 0 aliphatic carbocycles. The maximum absolute atomic E-state index is 14.4. The first-order valence-electron chi connectivity index (χ1n) is 16.8. The Kier molecular flexibility index (Phi) is 13.6. The molecule has 0 radical (unpaired) electrons. The molecule has 0 spiro atoms. The summed E-state index contributed by atoms with van der Waals surface area (Å²) in [4.78, 5) is 54.6. The third-order valence-corrected chi connectivity index (χ3v) is 12.0. The minimum absolute atomic E-state index is 0.0207. The van der Waals surface area contributed by atoms with Crippen molar-refractivity contribution in [2.45, 2.75) is 37.0 Å². The van der Waals surface area contributed by atoms with Crippen LogP contribution in [-0.4, -0.2) is 58.6 Å². The van der Waals surface area contributed by atoms with Crippen LogP contribution in [0.5, 0.6) is 5.75 Å². The van der Waals surface area contributed by atoms with Crippen LogP contribution in [0, 0.1) is 5.92 Å². The molecular weight excluding hydrogens is 699 g/mol. The lowest BCUT2D eigenvalue weighted by molar-refractivity contribution is -0.129. The zero-order valence-corrected chi connectivity index (χ0v) is 30.5. The van der Waals surface area contributed by atoms with Crippen molar-refractivity contribution in [3.05, 3.63) is 138 Å². The van der Waals surface area contributed by atoms with E-state index in [0.29, 0.717) is 17.1 Å². The normalized spacial score (nSPS) is 14.0. The van der Waals surface area contributed by atoms with Gasteiger partial charge in [-0.3, -0.25) is 14.2 Å². The molecule has 1 heterocycles. The first-order chi connectivity index (χ1) is 25.1. The molecule has 4 atom stereocenters. The number of aromatic amines is 1. The van der Waals surface area contributed by atoms with Gasteiger partial charge in [-0.1, -0.05) is 91.0 Å². The van der Waals surface area contributed by atoms with E-state index in [2.05, 4.69) is 15.6 Å². The van der Waals surface area contributed by atoms with E-state index in [9.17, 15) is 23.8 Å². The average molecular weight is 743 g/mol. The van der Waals surface area contributed by atoms with Gasteiger partial charge in [-0.25, -0.2) is 4.79 Å². The fourth-order valence-electron chi connectivity index (χ4n) is 5.76. The zero-order valence-electron chi connectivity index (χ0n) is 28.8. The molecule has 4 aromatic carbocycles. The second-order valence-electron chi connectivity index (χ2n) is 12.4. The smallest absolute Gasteiger partial charge is 0.408 e. The van der Waals surface area contributed by atoms with Gasteiger partial charge in [0.05, 0.1) is 13.0 Å². The lowest BCUT2D eigenvalue weighted by atomic mass is 10.0. The molecule has 5 aromatic rings. The van der Waals surface area contributed by atoms with Crippen molar-refractivity contribution >= 4 is 47.9 Å². The summed E-state index contributed by atoms with van der Waals surface area (Å²) >= 11 is 1.41. The third kappa shape index (κ3) is 11.0. The molecule has 0 saturated heterocycles. The number of rotatable bonds is 18. The van der Waals surface area contributed by atoms with Gasteiger partial charge in [0.2, 0.25) is 19.2 Å². The number of fused-ring (bicyclic) bond motifs is 1. The highest BCUT2D eigenvalue weighted by Crippen LogP contribution is 2.48. The number of aromatic nitrogens is 1. The quantitative estimate of drug-likeness (QED) is 0.0680. The highest BCUT2D eigenvalue weighted by Gasteiger charge is 2.38. The predicted molar refractivity (Wildman–Crippen MR) is 204 cm³/mol. The molecule has 2 unspecified atom stereocenters. The second-order valence-corrected chi connectivity index (χ2v) is 16.0. The third-order valence-electron chi connectivity index (χ3n) is 8.61. The summed E-state index contributed by atoms with van der Waals surface area (Å²) < 4.78 is 25.0. The molecule has 3 amide bonds. The fourth-order valence-corrected chi connectivity index (χ4v) is 9.02. The van der Waals surface area contributed by atoms with Crippen LogP contribution >= 0.6 is 19.1 Å².